The minimum atomic E-state index is -3.55. The van der Waals surface area contributed by atoms with Crippen molar-refractivity contribution in [2.45, 2.75) is 4.90 Å². The Morgan fingerprint density at radius 3 is 2.82 bits per heavy atom. The number of hydrogen-bond acceptors (Lipinski definition) is 5. The maximum atomic E-state index is 12.3. The zero-order chi connectivity index (χ0) is 15.6. The van der Waals surface area contributed by atoms with Gasteiger partial charge in [-0.15, -0.1) is 0 Å². The first kappa shape index (κ1) is 15.3. The quantitative estimate of drug-likeness (QED) is 0.743. The number of hydrogen-bond donors (Lipinski definition) is 3. The highest BCUT2D eigenvalue weighted by Gasteiger charge is 2.16. The third-order valence-electron chi connectivity index (χ3n) is 3.71. The van der Waals surface area contributed by atoms with Crippen LogP contribution < -0.4 is 4.72 Å². The van der Waals surface area contributed by atoms with E-state index in [-0.39, 0.29) is 10.8 Å². The Bertz CT molecular complexity index is 751. The van der Waals surface area contributed by atoms with Crippen molar-refractivity contribution in [3.05, 3.63) is 24.3 Å². The van der Waals surface area contributed by atoms with E-state index in [2.05, 4.69) is 14.6 Å². The molecule has 3 N–H and O–H groups in total. The van der Waals surface area contributed by atoms with Gasteiger partial charge in [-0.3, -0.25) is 4.90 Å². The number of nitrogens with one attached hydrogen (secondary N) is 2. The molecule has 1 fully saturated rings. The molecule has 0 amide bonds. The van der Waals surface area contributed by atoms with E-state index in [9.17, 15) is 13.5 Å². The van der Waals surface area contributed by atoms with Crippen LogP contribution in [0.3, 0.4) is 0 Å². The predicted octanol–water partition coefficient (Wildman–Crippen LogP) is 0.484. The van der Waals surface area contributed by atoms with Crippen molar-refractivity contribution in [2.24, 2.45) is 0 Å². The summed E-state index contributed by atoms with van der Waals surface area (Å²) < 4.78 is 32.5. The number of aromatic amines is 1. The van der Waals surface area contributed by atoms with Gasteiger partial charge in [0.2, 0.25) is 10.0 Å². The smallest absolute Gasteiger partial charge is 0.240 e. The predicted molar refractivity (Wildman–Crippen MR) is 82.4 cm³/mol. The second kappa shape index (κ2) is 6.25. The lowest BCUT2D eigenvalue weighted by atomic mass is 10.2. The summed E-state index contributed by atoms with van der Waals surface area (Å²) in [6.07, 6.45) is 0. The molecule has 3 rings (SSSR count). The number of benzene rings is 1. The number of aromatic hydroxyl groups is 1. The van der Waals surface area contributed by atoms with E-state index >= 15 is 0 Å². The summed E-state index contributed by atoms with van der Waals surface area (Å²) in [5.74, 6) is 0.0184. The number of nitrogens with zero attached hydrogens (tertiary/aromatic N) is 1. The van der Waals surface area contributed by atoms with Crippen LogP contribution in [0.5, 0.6) is 5.88 Å². The monoisotopic (exact) mass is 325 g/mol. The Morgan fingerprint density at radius 2 is 2.05 bits per heavy atom. The van der Waals surface area contributed by atoms with Gasteiger partial charge >= 0.3 is 0 Å². The van der Waals surface area contributed by atoms with Crippen molar-refractivity contribution in [2.75, 3.05) is 39.4 Å². The van der Waals surface area contributed by atoms with E-state index in [1.165, 1.54) is 12.1 Å². The number of H-pyrrole nitrogens is 1. The van der Waals surface area contributed by atoms with E-state index in [4.69, 9.17) is 4.74 Å². The maximum Gasteiger partial charge on any atom is 0.240 e. The minimum Gasteiger partial charge on any atom is -0.495 e. The first-order valence-electron chi connectivity index (χ1n) is 7.16. The van der Waals surface area contributed by atoms with Crippen LogP contribution in [0.1, 0.15) is 0 Å². The molecule has 120 valence electrons. The molecule has 8 heteroatoms. The van der Waals surface area contributed by atoms with Crippen LogP contribution in [-0.2, 0) is 14.8 Å². The first-order chi connectivity index (χ1) is 10.5. The molecule has 22 heavy (non-hydrogen) atoms. The van der Waals surface area contributed by atoms with Crippen LogP contribution >= 0.6 is 0 Å². The topological polar surface area (TPSA) is 94.7 Å². The van der Waals surface area contributed by atoms with Gasteiger partial charge in [-0.1, -0.05) is 0 Å². The van der Waals surface area contributed by atoms with Gasteiger partial charge in [0.25, 0.3) is 0 Å². The highest BCUT2D eigenvalue weighted by Crippen LogP contribution is 2.22. The van der Waals surface area contributed by atoms with Gasteiger partial charge in [0.1, 0.15) is 0 Å². The number of rotatable bonds is 5. The lowest BCUT2D eigenvalue weighted by Crippen LogP contribution is -2.41. The zero-order valence-corrected chi connectivity index (χ0v) is 12.9. The van der Waals surface area contributed by atoms with Gasteiger partial charge in [-0.25, -0.2) is 13.1 Å². The second-order valence-electron chi connectivity index (χ2n) is 5.26. The summed E-state index contributed by atoms with van der Waals surface area (Å²) in [6, 6.07) is 6.21. The molecule has 1 aliphatic rings. The van der Waals surface area contributed by atoms with Crippen molar-refractivity contribution in [3.8, 4) is 5.88 Å². The Morgan fingerprint density at radius 1 is 1.27 bits per heavy atom. The standard InChI is InChI=1S/C14H19N3O4S/c18-14-10-11-9-12(1-2-13(11)16-14)22(19,20)15-3-4-17-5-7-21-8-6-17/h1-2,9-10,15-16,18H,3-8H2. The summed E-state index contributed by atoms with van der Waals surface area (Å²) in [5, 5.41) is 10.1. The lowest BCUT2D eigenvalue weighted by molar-refractivity contribution is 0.0390. The normalized spacial score (nSPS) is 17.1. The molecule has 0 saturated carbocycles. The van der Waals surface area contributed by atoms with Gasteiger partial charge in [0, 0.05) is 43.1 Å². The van der Waals surface area contributed by atoms with Gasteiger partial charge in [0.05, 0.1) is 18.1 Å². The Hall–Kier alpha value is -1.61. The van der Waals surface area contributed by atoms with Crippen LogP contribution in [-0.4, -0.2) is 62.8 Å². The average molecular weight is 325 g/mol. The summed E-state index contributed by atoms with van der Waals surface area (Å²) in [6.45, 7) is 4.07. The third kappa shape index (κ3) is 3.41. The molecule has 2 heterocycles. The molecule has 1 aliphatic heterocycles. The van der Waals surface area contributed by atoms with Crippen LogP contribution in [0, 0.1) is 0 Å². The molecule has 0 atom stereocenters. The molecule has 1 aromatic carbocycles. The molecular formula is C14H19N3O4S. The molecule has 2 aromatic rings. The zero-order valence-electron chi connectivity index (χ0n) is 12.1. The maximum absolute atomic E-state index is 12.3. The van der Waals surface area contributed by atoms with Crippen molar-refractivity contribution in [3.63, 3.8) is 0 Å². The number of morpholine rings is 1. The highest BCUT2D eigenvalue weighted by molar-refractivity contribution is 7.89. The first-order valence-corrected chi connectivity index (χ1v) is 8.64. The fourth-order valence-corrected chi connectivity index (χ4v) is 3.56. The summed E-state index contributed by atoms with van der Waals surface area (Å²) in [7, 11) is -3.55. The molecule has 0 radical (unpaired) electrons. The fourth-order valence-electron chi connectivity index (χ4n) is 2.51. The fraction of sp³-hybridized carbons (Fsp3) is 0.429. The van der Waals surface area contributed by atoms with Gasteiger partial charge in [-0.05, 0) is 18.2 Å². The van der Waals surface area contributed by atoms with Crippen molar-refractivity contribution in [1.29, 1.82) is 0 Å². The Kier molecular flexibility index (Phi) is 4.34. The molecule has 7 nitrogen and oxygen atoms in total. The van der Waals surface area contributed by atoms with Crippen molar-refractivity contribution in [1.82, 2.24) is 14.6 Å². The number of aromatic nitrogens is 1. The number of sulfonamides is 1. The van der Waals surface area contributed by atoms with Crippen LogP contribution in [0.2, 0.25) is 0 Å². The van der Waals surface area contributed by atoms with E-state index in [0.717, 1.165) is 13.1 Å². The van der Waals surface area contributed by atoms with Crippen LogP contribution in [0.15, 0.2) is 29.2 Å². The average Bonchev–Trinajstić information content (AvgIpc) is 2.87. The number of ether oxygens (including phenoxy) is 1. The van der Waals surface area contributed by atoms with E-state index in [0.29, 0.717) is 37.2 Å². The molecule has 1 aromatic heterocycles. The summed E-state index contributed by atoms with van der Waals surface area (Å²) in [4.78, 5) is 5.11. The molecule has 0 bridgehead atoms. The van der Waals surface area contributed by atoms with Crippen LogP contribution in [0.25, 0.3) is 10.9 Å². The van der Waals surface area contributed by atoms with E-state index in [1.807, 2.05) is 0 Å². The van der Waals surface area contributed by atoms with Gasteiger partial charge < -0.3 is 14.8 Å². The molecular weight excluding hydrogens is 306 g/mol. The minimum absolute atomic E-state index is 0.0184. The molecule has 0 unspecified atom stereocenters. The molecule has 0 spiro atoms. The molecule has 0 aliphatic carbocycles. The van der Waals surface area contributed by atoms with Crippen molar-refractivity contribution >= 4 is 20.9 Å². The summed E-state index contributed by atoms with van der Waals surface area (Å²) >= 11 is 0. The van der Waals surface area contributed by atoms with Gasteiger partial charge in [0.15, 0.2) is 5.88 Å². The highest BCUT2D eigenvalue weighted by atomic mass is 32.2. The molecule has 1 saturated heterocycles. The third-order valence-corrected chi connectivity index (χ3v) is 5.17. The van der Waals surface area contributed by atoms with E-state index in [1.54, 1.807) is 12.1 Å². The van der Waals surface area contributed by atoms with Crippen LogP contribution in [0.4, 0.5) is 0 Å². The SMILES string of the molecule is O=S(=O)(NCCN1CCOCC1)c1ccc2[nH]c(O)cc2c1. The van der Waals surface area contributed by atoms with Gasteiger partial charge in [-0.2, -0.15) is 0 Å². The Balaban J connectivity index is 1.65. The number of fused-ring (bicyclic) bond motifs is 1. The lowest BCUT2D eigenvalue weighted by Gasteiger charge is -2.26. The van der Waals surface area contributed by atoms with Crippen molar-refractivity contribution < 1.29 is 18.3 Å². The Labute approximate surface area is 128 Å². The summed E-state index contributed by atoms with van der Waals surface area (Å²) in [5.41, 5.74) is 0.699. The van der Waals surface area contributed by atoms with E-state index < -0.39 is 10.0 Å². The second-order valence-corrected chi connectivity index (χ2v) is 7.02. The largest absolute Gasteiger partial charge is 0.495 e.